The van der Waals surface area contributed by atoms with Crippen molar-refractivity contribution in [2.75, 3.05) is 0 Å². The molecule has 0 atom stereocenters. The summed E-state index contributed by atoms with van der Waals surface area (Å²) in [5.74, 6) is 0.920. The van der Waals surface area contributed by atoms with E-state index in [1.807, 2.05) is 40.7 Å². The molecular weight excluding hydrogens is 226 g/mol. The average molecular weight is 237 g/mol. The van der Waals surface area contributed by atoms with E-state index in [1.165, 1.54) is 0 Å². The summed E-state index contributed by atoms with van der Waals surface area (Å²) >= 11 is 0. The van der Waals surface area contributed by atoms with Gasteiger partial charge >= 0.3 is 0 Å². The molecule has 3 rings (SSSR count). The number of fused-ring (bicyclic) bond motifs is 1. The third-order valence-corrected chi connectivity index (χ3v) is 2.97. The molecule has 0 aliphatic rings. The second kappa shape index (κ2) is 4.00. The summed E-state index contributed by atoms with van der Waals surface area (Å²) in [5.41, 5.74) is 2.52. The topological polar surface area (TPSA) is 59.4 Å². The maximum Gasteiger partial charge on any atom is 0.131 e. The standard InChI is InChI=1S/C13H11N5/c1-17-12-7-10(8-14)3-4-11(12)16-13(17)9-18-6-2-5-15-18/h2-7H,9H2,1H3. The Labute approximate surface area is 104 Å². The van der Waals surface area contributed by atoms with Gasteiger partial charge in [-0.1, -0.05) is 0 Å². The summed E-state index contributed by atoms with van der Waals surface area (Å²) in [4.78, 5) is 4.56. The highest BCUT2D eigenvalue weighted by molar-refractivity contribution is 5.77. The lowest BCUT2D eigenvalue weighted by Crippen LogP contribution is -2.06. The first kappa shape index (κ1) is 10.5. The average Bonchev–Trinajstić information content (AvgIpc) is 2.99. The second-order valence-corrected chi connectivity index (χ2v) is 4.11. The van der Waals surface area contributed by atoms with Gasteiger partial charge in [0, 0.05) is 19.4 Å². The van der Waals surface area contributed by atoms with E-state index in [0.29, 0.717) is 12.1 Å². The van der Waals surface area contributed by atoms with Crippen LogP contribution in [0, 0.1) is 11.3 Å². The Morgan fingerprint density at radius 3 is 3.00 bits per heavy atom. The SMILES string of the molecule is Cn1c(Cn2cccn2)nc2ccc(C#N)cc21. The van der Waals surface area contributed by atoms with Gasteiger partial charge in [0.05, 0.1) is 29.2 Å². The first-order valence-electron chi connectivity index (χ1n) is 5.61. The van der Waals surface area contributed by atoms with E-state index >= 15 is 0 Å². The van der Waals surface area contributed by atoms with E-state index < -0.39 is 0 Å². The summed E-state index contributed by atoms with van der Waals surface area (Å²) in [5, 5.41) is 13.1. The fraction of sp³-hybridized carbons (Fsp3) is 0.154. The molecule has 18 heavy (non-hydrogen) atoms. The number of nitrogens with zero attached hydrogens (tertiary/aromatic N) is 5. The predicted molar refractivity (Wildman–Crippen MR) is 66.8 cm³/mol. The number of benzene rings is 1. The summed E-state index contributed by atoms with van der Waals surface area (Å²) in [7, 11) is 1.95. The predicted octanol–water partition coefficient (Wildman–Crippen LogP) is 1.69. The van der Waals surface area contributed by atoms with Gasteiger partial charge in [0.2, 0.25) is 0 Å². The number of imidazole rings is 1. The Hall–Kier alpha value is -2.61. The first-order valence-corrected chi connectivity index (χ1v) is 5.61. The number of aryl methyl sites for hydroxylation is 1. The third-order valence-electron chi connectivity index (χ3n) is 2.97. The van der Waals surface area contributed by atoms with Crippen LogP contribution in [0.15, 0.2) is 36.7 Å². The monoisotopic (exact) mass is 237 g/mol. The van der Waals surface area contributed by atoms with Crippen molar-refractivity contribution in [3.8, 4) is 6.07 Å². The summed E-state index contributed by atoms with van der Waals surface area (Å²) < 4.78 is 3.82. The van der Waals surface area contributed by atoms with Crippen molar-refractivity contribution in [3.63, 3.8) is 0 Å². The maximum absolute atomic E-state index is 8.91. The minimum Gasteiger partial charge on any atom is -0.330 e. The molecule has 0 aliphatic heterocycles. The highest BCUT2D eigenvalue weighted by atomic mass is 15.3. The minimum absolute atomic E-state index is 0.625. The van der Waals surface area contributed by atoms with Crippen LogP contribution in [0.2, 0.25) is 0 Å². The van der Waals surface area contributed by atoms with E-state index in [0.717, 1.165) is 16.9 Å². The third kappa shape index (κ3) is 1.64. The Morgan fingerprint density at radius 2 is 2.28 bits per heavy atom. The molecule has 2 aromatic heterocycles. The van der Waals surface area contributed by atoms with Crippen LogP contribution in [-0.2, 0) is 13.6 Å². The van der Waals surface area contributed by atoms with Crippen LogP contribution in [0.3, 0.4) is 0 Å². The van der Waals surface area contributed by atoms with Crippen molar-refractivity contribution in [2.45, 2.75) is 6.54 Å². The van der Waals surface area contributed by atoms with Gasteiger partial charge in [-0.05, 0) is 24.3 Å². The molecule has 3 aromatic rings. The highest BCUT2D eigenvalue weighted by Crippen LogP contribution is 2.17. The van der Waals surface area contributed by atoms with Crippen molar-refractivity contribution >= 4 is 11.0 Å². The van der Waals surface area contributed by atoms with E-state index in [4.69, 9.17) is 5.26 Å². The van der Waals surface area contributed by atoms with Gasteiger partial charge in [0.15, 0.2) is 0 Å². The second-order valence-electron chi connectivity index (χ2n) is 4.11. The summed E-state index contributed by atoms with van der Waals surface area (Å²) in [6.07, 6.45) is 3.65. The van der Waals surface area contributed by atoms with Gasteiger partial charge in [-0.15, -0.1) is 0 Å². The molecule has 2 heterocycles. The van der Waals surface area contributed by atoms with E-state index in [1.54, 1.807) is 12.3 Å². The first-order chi connectivity index (χ1) is 8.78. The number of rotatable bonds is 2. The van der Waals surface area contributed by atoms with Crippen LogP contribution in [0.25, 0.3) is 11.0 Å². The van der Waals surface area contributed by atoms with Crippen molar-refractivity contribution in [3.05, 3.63) is 48.0 Å². The van der Waals surface area contributed by atoms with Gasteiger partial charge in [0.1, 0.15) is 5.82 Å². The molecule has 0 saturated heterocycles. The minimum atomic E-state index is 0.625. The lowest BCUT2D eigenvalue weighted by atomic mass is 10.2. The molecule has 0 N–H and O–H groups in total. The fourth-order valence-electron chi connectivity index (χ4n) is 1.99. The number of hydrogen-bond donors (Lipinski definition) is 0. The van der Waals surface area contributed by atoms with Gasteiger partial charge in [-0.3, -0.25) is 4.68 Å². The quantitative estimate of drug-likeness (QED) is 0.681. The van der Waals surface area contributed by atoms with E-state index in [2.05, 4.69) is 16.2 Å². The molecule has 0 aliphatic carbocycles. The number of nitriles is 1. The Bertz CT molecular complexity index is 731. The van der Waals surface area contributed by atoms with Crippen molar-refractivity contribution in [1.29, 1.82) is 5.26 Å². The number of aromatic nitrogens is 4. The van der Waals surface area contributed by atoms with Crippen LogP contribution in [0.1, 0.15) is 11.4 Å². The van der Waals surface area contributed by atoms with E-state index in [-0.39, 0.29) is 0 Å². The molecule has 1 aromatic carbocycles. The Morgan fingerprint density at radius 1 is 1.39 bits per heavy atom. The lowest BCUT2D eigenvalue weighted by molar-refractivity contribution is 0.636. The van der Waals surface area contributed by atoms with Crippen LogP contribution in [0.5, 0.6) is 0 Å². The fourth-order valence-corrected chi connectivity index (χ4v) is 1.99. The van der Waals surface area contributed by atoms with Crippen molar-refractivity contribution in [2.24, 2.45) is 7.05 Å². The molecule has 5 nitrogen and oxygen atoms in total. The van der Waals surface area contributed by atoms with Crippen LogP contribution in [0.4, 0.5) is 0 Å². The molecule has 0 bridgehead atoms. The molecular formula is C13H11N5. The highest BCUT2D eigenvalue weighted by Gasteiger charge is 2.08. The van der Waals surface area contributed by atoms with Gasteiger partial charge in [0.25, 0.3) is 0 Å². The molecule has 5 heteroatoms. The molecule has 0 radical (unpaired) electrons. The largest absolute Gasteiger partial charge is 0.330 e. The lowest BCUT2D eigenvalue weighted by Gasteiger charge is -2.02. The summed E-state index contributed by atoms with van der Waals surface area (Å²) in [6.45, 7) is 0.625. The normalized spacial score (nSPS) is 10.7. The number of hydrogen-bond acceptors (Lipinski definition) is 3. The Balaban J connectivity index is 2.09. The zero-order chi connectivity index (χ0) is 12.5. The van der Waals surface area contributed by atoms with Crippen LogP contribution >= 0.6 is 0 Å². The molecule has 0 fully saturated rings. The van der Waals surface area contributed by atoms with Gasteiger partial charge < -0.3 is 4.57 Å². The van der Waals surface area contributed by atoms with Crippen molar-refractivity contribution < 1.29 is 0 Å². The van der Waals surface area contributed by atoms with Gasteiger partial charge in [-0.2, -0.15) is 10.4 Å². The molecule has 88 valence electrons. The Kier molecular flexibility index (Phi) is 2.34. The van der Waals surface area contributed by atoms with E-state index in [9.17, 15) is 0 Å². The van der Waals surface area contributed by atoms with Crippen molar-refractivity contribution in [1.82, 2.24) is 19.3 Å². The summed E-state index contributed by atoms with van der Waals surface area (Å²) in [6, 6.07) is 9.54. The molecule has 0 amide bonds. The zero-order valence-electron chi connectivity index (χ0n) is 9.91. The van der Waals surface area contributed by atoms with Crippen LogP contribution < -0.4 is 0 Å². The molecule has 0 saturated carbocycles. The van der Waals surface area contributed by atoms with Crippen LogP contribution in [-0.4, -0.2) is 19.3 Å². The zero-order valence-corrected chi connectivity index (χ0v) is 9.91. The molecule has 0 spiro atoms. The smallest absolute Gasteiger partial charge is 0.131 e. The van der Waals surface area contributed by atoms with Gasteiger partial charge in [-0.25, -0.2) is 4.98 Å². The maximum atomic E-state index is 8.91. The molecule has 0 unspecified atom stereocenters.